The van der Waals surface area contributed by atoms with Crippen molar-refractivity contribution >= 4 is 11.7 Å². The van der Waals surface area contributed by atoms with E-state index in [1.807, 2.05) is 80.5 Å². The van der Waals surface area contributed by atoms with Gasteiger partial charge in [0.25, 0.3) is 5.91 Å². The summed E-state index contributed by atoms with van der Waals surface area (Å²) in [6.45, 7) is 2.27. The van der Waals surface area contributed by atoms with Crippen LogP contribution in [0.4, 0.5) is 0 Å². The molecule has 0 fully saturated rings. The highest BCUT2D eigenvalue weighted by Gasteiger charge is 2.45. The molecule has 3 aromatic rings. The molecule has 1 amide bonds. The maximum absolute atomic E-state index is 13.2. The minimum absolute atomic E-state index is 0.0411. The molecule has 0 aliphatic carbocycles. The number of aliphatic hydroxyl groups excluding tert-OH is 1. The number of ketones is 1. The van der Waals surface area contributed by atoms with Gasteiger partial charge in [-0.3, -0.25) is 9.59 Å². The van der Waals surface area contributed by atoms with E-state index in [-0.39, 0.29) is 17.4 Å². The summed E-state index contributed by atoms with van der Waals surface area (Å²) in [4.78, 5) is 30.1. The Morgan fingerprint density at radius 3 is 2.34 bits per heavy atom. The van der Waals surface area contributed by atoms with Crippen LogP contribution >= 0.6 is 0 Å². The van der Waals surface area contributed by atoms with Crippen LogP contribution in [-0.2, 0) is 4.79 Å². The summed E-state index contributed by atoms with van der Waals surface area (Å²) < 4.78 is 5.29. The van der Waals surface area contributed by atoms with Gasteiger partial charge in [0.15, 0.2) is 11.5 Å². The van der Waals surface area contributed by atoms with Gasteiger partial charge < -0.3 is 19.3 Å². The Bertz CT molecular complexity index is 1130. The van der Waals surface area contributed by atoms with Crippen LogP contribution in [0, 0.1) is 6.92 Å². The minimum atomic E-state index is -0.716. The molecule has 0 saturated carbocycles. The molecule has 6 nitrogen and oxygen atoms in total. The third-order valence-electron chi connectivity index (χ3n) is 5.86. The topological polar surface area (TPSA) is 74.0 Å². The number of rotatable bonds is 7. The van der Waals surface area contributed by atoms with Gasteiger partial charge in [-0.05, 0) is 44.3 Å². The van der Waals surface area contributed by atoms with Gasteiger partial charge in [-0.2, -0.15) is 0 Å². The van der Waals surface area contributed by atoms with Crippen LogP contribution in [0.25, 0.3) is 0 Å². The number of aliphatic hydroxyl groups is 1. The van der Waals surface area contributed by atoms with Gasteiger partial charge in [-0.25, -0.2) is 0 Å². The van der Waals surface area contributed by atoms with E-state index in [1.165, 1.54) is 12.3 Å². The van der Waals surface area contributed by atoms with Crippen molar-refractivity contribution in [3.63, 3.8) is 0 Å². The first-order valence-electron chi connectivity index (χ1n) is 10.5. The highest BCUT2D eigenvalue weighted by Crippen LogP contribution is 2.40. The van der Waals surface area contributed by atoms with Crippen molar-refractivity contribution in [2.24, 2.45) is 0 Å². The molecule has 1 aliphatic heterocycles. The van der Waals surface area contributed by atoms with E-state index < -0.39 is 23.5 Å². The number of likely N-dealkylation sites (N-methyl/N-ethyl adjacent to an activating group) is 1. The number of Topliss-reactive ketones (excluding diaryl/α,β-unsaturated/α-hetero) is 1. The minimum Gasteiger partial charge on any atom is -0.503 e. The van der Waals surface area contributed by atoms with Crippen LogP contribution in [0.2, 0.25) is 0 Å². The Kier molecular flexibility index (Phi) is 5.97. The van der Waals surface area contributed by atoms with Crippen molar-refractivity contribution in [1.82, 2.24) is 9.80 Å². The average Bonchev–Trinajstić information content (AvgIpc) is 3.41. The predicted octanol–water partition coefficient (Wildman–Crippen LogP) is 4.47. The summed E-state index contributed by atoms with van der Waals surface area (Å²) in [5.41, 5.74) is 2.90. The van der Waals surface area contributed by atoms with Crippen LogP contribution < -0.4 is 0 Å². The van der Waals surface area contributed by atoms with Crippen LogP contribution in [-0.4, -0.2) is 47.2 Å². The predicted molar refractivity (Wildman–Crippen MR) is 121 cm³/mol. The van der Waals surface area contributed by atoms with Crippen molar-refractivity contribution in [1.29, 1.82) is 0 Å². The molecule has 2 aromatic carbocycles. The molecule has 4 rings (SSSR count). The second-order valence-corrected chi connectivity index (χ2v) is 8.23. The summed E-state index contributed by atoms with van der Waals surface area (Å²) >= 11 is 0. The quantitative estimate of drug-likeness (QED) is 0.560. The Morgan fingerprint density at radius 1 is 1.06 bits per heavy atom. The number of hydrogen-bond donors (Lipinski definition) is 1. The lowest BCUT2D eigenvalue weighted by Crippen LogP contribution is -2.38. The smallest absolute Gasteiger partial charge is 0.290 e. The van der Waals surface area contributed by atoms with E-state index in [9.17, 15) is 14.7 Å². The van der Waals surface area contributed by atoms with Crippen LogP contribution in [0.3, 0.4) is 0 Å². The maximum atomic E-state index is 13.2. The number of furan rings is 1. The van der Waals surface area contributed by atoms with E-state index in [2.05, 4.69) is 0 Å². The lowest BCUT2D eigenvalue weighted by Gasteiger charge is -2.33. The van der Waals surface area contributed by atoms with Crippen LogP contribution in [0.15, 0.2) is 88.7 Å². The van der Waals surface area contributed by atoms with E-state index in [1.54, 1.807) is 11.0 Å². The maximum Gasteiger partial charge on any atom is 0.290 e. The molecule has 0 spiro atoms. The van der Waals surface area contributed by atoms with Gasteiger partial charge in [0, 0.05) is 6.54 Å². The number of benzene rings is 2. The summed E-state index contributed by atoms with van der Waals surface area (Å²) in [6, 6.07) is 19.8. The molecule has 1 aromatic heterocycles. The lowest BCUT2D eigenvalue weighted by molar-refractivity contribution is -0.130. The van der Waals surface area contributed by atoms with Gasteiger partial charge in [-0.15, -0.1) is 0 Å². The fourth-order valence-corrected chi connectivity index (χ4v) is 4.14. The molecule has 32 heavy (non-hydrogen) atoms. The molecule has 0 bridgehead atoms. The van der Waals surface area contributed by atoms with Crippen molar-refractivity contribution in [2.45, 2.75) is 19.0 Å². The number of hydrogen-bond acceptors (Lipinski definition) is 5. The Morgan fingerprint density at radius 2 is 1.75 bits per heavy atom. The number of amides is 1. The van der Waals surface area contributed by atoms with Gasteiger partial charge in [0.2, 0.25) is 5.78 Å². The first kappa shape index (κ1) is 21.6. The van der Waals surface area contributed by atoms with Crippen molar-refractivity contribution in [3.05, 3.63) is 107 Å². The molecular formula is C26H26N2O4. The van der Waals surface area contributed by atoms with E-state index >= 15 is 0 Å². The Hall–Kier alpha value is -3.64. The first-order valence-corrected chi connectivity index (χ1v) is 10.5. The third kappa shape index (κ3) is 3.97. The monoisotopic (exact) mass is 430 g/mol. The highest BCUT2D eigenvalue weighted by atomic mass is 16.3. The van der Waals surface area contributed by atoms with Crippen molar-refractivity contribution in [2.75, 3.05) is 20.6 Å². The molecule has 0 saturated heterocycles. The number of nitrogens with zero attached hydrogens (tertiary/aromatic N) is 2. The largest absolute Gasteiger partial charge is 0.503 e. The lowest BCUT2D eigenvalue weighted by atomic mass is 9.94. The van der Waals surface area contributed by atoms with Crippen molar-refractivity contribution < 1.29 is 19.1 Å². The molecule has 2 atom stereocenters. The van der Waals surface area contributed by atoms with Gasteiger partial charge in [-0.1, -0.05) is 60.2 Å². The molecular weight excluding hydrogens is 404 g/mol. The Labute approximate surface area is 187 Å². The SMILES string of the molecule is Cc1ccc(C2C(C(=O)c3ccco3)=C(O)C(=O)N2CC(c2ccccc2)N(C)C)cc1. The van der Waals surface area contributed by atoms with Crippen LogP contribution in [0.1, 0.15) is 39.3 Å². The second-order valence-electron chi connectivity index (χ2n) is 8.23. The third-order valence-corrected chi connectivity index (χ3v) is 5.86. The van der Waals surface area contributed by atoms with E-state index in [4.69, 9.17) is 4.42 Å². The molecule has 1 aliphatic rings. The highest BCUT2D eigenvalue weighted by molar-refractivity contribution is 6.15. The number of carbonyl (C=O) groups excluding carboxylic acids is 2. The summed E-state index contributed by atoms with van der Waals surface area (Å²) in [7, 11) is 3.89. The standard InChI is InChI=1S/C26H26N2O4/c1-17-11-13-19(14-12-17)23-22(24(29)21-10-7-15-32-21)25(30)26(31)28(23)16-20(27(2)3)18-8-5-4-6-9-18/h4-15,20,23,30H,16H2,1-3H3. The molecule has 2 unspecified atom stereocenters. The fraction of sp³-hybridized carbons (Fsp3) is 0.231. The summed E-state index contributed by atoms with van der Waals surface area (Å²) in [5, 5.41) is 10.8. The second kappa shape index (κ2) is 8.85. The van der Waals surface area contributed by atoms with E-state index in [0.717, 1.165) is 16.7 Å². The molecule has 164 valence electrons. The van der Waals surface area contributed by atoms with Gasteiger partial charge >= 0.3 is 0 Å². The fourth-order valence-electron chi connectivity index (χ4n) is 4.14. The van der Waals surface area contributed by atoms with E-state index in [0.29, 0.717) is 6.54 Å². The Balaban J connectivity index is 1.78. The zero-order chi connectivity index (χ0) is 22.8. The number of carbonyl (C=O) groups is 2. The van der Waals surface area contributed by atoms with Crippen LogP contribution in [0.5, 0.6) is 0 Å². The zero-order valence-electron chi connectivity index (χ0n) is 18.4. The molecule has 2 heterocycles. The van der Waals surface area contributed by atoms with Gasteiger partial charge in [0.05, 0.1) is 23.9 Å². The average molecular weight is 431 g/mol. The van der Waals surface area contributed by atoms with Gasteiger partial charge in [0.1, 0.15) is 0 Å². The molecule has 6 heteroatoms. The molecule has 0 radical (unpaired) electrons. The normalized spacial score (nSPS) is 17.3. The summed E-state index contributed by atoms with van der Waals surface area (Å²) in [6.07, 6.45) is 1.40. The zero-order valence-corrected chi connectivity index (χ0v) is 18.4. The number of aryl methyl sites for hydroxylation is 1. The first-order chi connectivity index (χ1) is 15.4. The van der Waals surface area contributed by atoms with Crippen molar-refractivity contribution in [3.8, 4) is 0 Å². The summed E-state index contributed by atoms with van der Waals surface area (Å²) in [5.74, 6) is -1.49. The molecule has 1 N–H and O–H groups in total.